The monoisotopic (exact) mass is 343 g/mol. The Balaban J connectivity index is 1.98. The molecule has 0 saturated carbocycles. The van der Waals surface area contributed by atoms with Crippen LogP contribution in [0.15, 0.2) is 51.9 Å². The molecule has 2 N–H and O–H groups in total. The summed E-state index contributed by atoms with van der Waals surface area (Å²) in [5.41, 5.74) is 10.9. The summed E-state index contributed by atoms with van der Waals surface area (Å²) >= 11 is 3.55. The lowest BCUT2D eigenvalue weighted by Gasteiger charge is -2.27. The molecule has 1 aliphatic rings. The number of nitrogens with two attached hydrogens (primary N) is 1. The maximum atomic E-state index is 6.11. The van der Waals surface area contributed by atoms with Gasteiger partial charge in [0.2, 0.25) is 0 Å². The van der Waals surface area contributed by atoms with Crippen molar-refractivity contribution in [3.05, 3.63) is 63.6 Å². The lowest BCUT2D eigenvalue weighted by Crippen LogP contribution is -2.36. The predicted octanol–water partition coefficient (Wildman–Crippen LogP) is 3.94. The van der Waals surface area contributed by atoms with E-state index in [0.29, 0.717) is 12.5 Å². The number of guanidine groups is 1. The molecule has 21 heavy (non-hydrogen) atoms. The van der Waals surface area contributed by atoms with Crippen molar-refractivity contribution in [3.63, 3.8) is 0 Å². The van der Waals surface area contributed by atoms with E-state index in [0.717, 1.165) is 10.2 Å². The summed E-state index contributed by atoms with van der Waals surface area (Å²) in [6.07, 6.45) is 0. The quantitative estimate of drug-likeness (QED) is 0.897. The minimum Gasteiger partial charge on any atom is -0.369 e. The topological polar surface area (TPSA) is 41.6 Å². The van der Waals surface area contributed by atoms with E-state index in [1.54, 1.807) is 0 Å². The zero-order chi connectivity index (χ0) is 15.0. The van der Waals surface area contributed by atoms with Gasteiger partial charge in [0.25, 0.3) is 0 Å². The maximum absolute atomic E-state index is 6.11. The van der Waals surface area contributed by atoms with Crippen LogP contribution in [0.5, 0.6) is 0 Å². The zero-order valence-corrected chi connectivity index (χ0v) is 13.8. The van der Waals surface area contributed by atoms with Crippen LogP contribution >= 0.6 is 15.9 Å². The zero-order valence-electron chi connectivity index (χ0n) is 12.2. The molecule has 0 fully saturated rings. The van der Waals surface area contributed by atoms with E-state index >= 15 is 0 Å². The van der Waals surface area contributed by atoms with Crippen LogP contribution in [0.2, 0.25) is 0 Å². The normalized spacial score (nSPS) is 18.0. The molecule has 0 aromatic heterocycles. The van der Waals surface area contributed by atoms with Gasteiger partial charge in [0.05, 0.1) is 12.6 Å². The molecule has 0 saturated heterocycles. The summed E-state index contributed by atoms with van der Waals surface area (Å²) in [5, 5.41) is 0. The smallest absolute Gasteiger partial charge is 0.196 e. The lowest BCUT2D eigenvalue weighted by atomic mass is 10.0. The second-order valence-corrected chi connectivity index (χ2v) is 6.28. The second kappa shape index (κ2) is 5.53. The molecule has 1 heterocycles. The van der Waals surface area contributed by atoms with Gasteiger partial charge >= 0.3 is 0 Å². The molecule has 1 aliphatic heterocycles. The Kier molecular flexibility index (Phi) is 3.72. The van der Waals surface area contributed by atoms with Gasteiger partial charge in [-0.2, -0.15) is 0 Å². The summed E-state index contributed by atoms with van der Waals surface area (Å²) < 4.78 is 1.13. The number of aliphatic imine (C=N–C) groups is 1. The average molecular weight is 344 g/mol. The Labute approximate surface area is 133 Å². The summed E-state index contributed by atoms with van der Waals surface area (Å²) in [6.45, 7) is 4.88. The van der Waals surface area contributed by atoms with E-state index < -0.39 is 0 Å². The van der Waals surface area contributed by atoms with Crippen LogP contribution in [-0.4, -0.2) is 12.5 Å². The highest BCUT2D eigenvalue weighted by molar-refractivity contribution is 9.10. The SMILES string of the molecule is Cc1ccc(N2C(N)=NCC2c2ccc(Br)c(C)c2)cc1. The molecule has 0 radical (unpaired) electrons. The Bertz CT molecular complexity index is 692. The molecule has 4 heteroatoms. The van der Waals surface area contributed by atoms with Crippen molar-refractivity contribution in [1.29, 1.82) is 0 Å². The van der Waals surface area contributed by atoms with Gasteiger partial charge in [0.1, 0.15) is 0 Å². The van der Waals surface area contributed by atoms with Gasteiger partial charge in [0.15, 0.2) is 5.96 Å². The Morgan fingerprint density at radius 2 is 1.86 bits per heavy atom. The van der Waals surface area contributed by atoms with Gasteiger partial charge in [0, 0.05) is 10.2 Å². The summed E-state index contributed by atoms with van der Waals surface area (Å²) in [6, 6.07) is 15.0. The predicted molar refractivity (Wildman–Crippen MR) is 91.8 cm³/mol. The van der Waals surface area contributed by atoms with E-state index in [1.165, 1.54) is 16.7 Å². The molecule has 1 atom stereocenters. The van der Waals surface area contributed by atoms with Crippen molar-refractivity contribution in [1.82, 2.24) is 0 Å². The third-order valence-electron chi connectivity index (χ3n) is 3.86. The fourth-order valence-corrected chi connectivity index (χ4v) is 2.89. The van der Waals surface area contributed by atoms with Crippen LogP contribution < -0.4 is 10.6 Å². The number of aryl methyl sites for hydroxylation is 2. The second-order valence-electron chi connectivity index (χ2n) is 5.43. The molecule has 0 aliphatic carbocycles. The fraction of sp³-hybridized carbons (Fsp3) is 0.235. The lowest BCUT2D eigenvalue weighted by molar-refractivity contribution is 0.767. The number of benzene rings is 2. The number of nitrogens with zero attached hydrogens (tertiary/aromatic N) is 2. The van der Waals surface area contributed by atoms with Crippen molar-refractivity contribution in [2.45, 2.75) is 19.9 Å². The number of halogens is 1. The van der Waals surface area contributed by atoms with Gasteiger partial charge in [-0.3, -0.25) is 4.99 Å². The standard InChI is InChI=1S/C17H18BrN3/c1-11-3-6-14(7-4-11)21-16(10-20-17(21)19)13-5-8-15(18)12(2)9-13/h3-9,16H,10H2,1-2H3,(H2,19,20). The molecule has 1 unspecified atom stereocenters. The van der Waals surface area contributed by atoms with Gasteiger partial charge in [-0.15, -0.1) is 0 Å². The first-order valence-electron chi connectivity index (χ1n) is 6.98. The highest BCUT2D eigenvalue weighted by atomic mass is 79.9. The third-order valence-corrected chi connectivity index (χ3v) is 4.75. The first-order valence-corrected chi connectivity index (χ1v) is 7.77. The molecule has 3 nitrogen and oxygen atoms in total. The van der Waals surface area contributed by atoms with E-state index in [1.807, 2.05) is 0 Å². The van der Waals surface area contributed by atoms with Crippen LogP contribution in [0.3, 0.4) is 0 Å². The minimum absolute atomic E-state index is 0.166. The van der Waals surface area contributed by atoms with Crippen LogP contribution in [0.25, 0.3) is 0 Å². The Morgan fingerprint density at radius 3 is 2.52 bits per heavy atom. The molecule has 3 rings (SSSR count). The van der Waals surface area contributed by atoms with Gasteiger partial charge < -0.3 is 10.6 Å². The minimum atomic E-state index is 0.166. The van der Waals surface area contributed by atoms with E-state index in [2.05, 4.69) is 82.1 Å². The van der Waals surface area contributed by atoms with Gasteiger partial charge in [-0.05, 0) is 43.2 Å². The number of hydrogen-bond acceptors (Lipinski definition) is 3. The molecule has 0 spiro atoms. The maximum Gasteiger partial charge on any atom is 0.196 e. The van der Waals surface area contributed by atoms with Gasteiger partial charge in [-0.1, -0.05) is 45.8 Å². The van der Waals surface area contributed by atoms with Crippen LogP contribution in [0, 0.1) is 13.8 Å². The first-order chi connectivity index (χ1) is 10.1. The van der Waals surface area contributed by atoms with Crippen molar-refractivity contribution >= 4 is 27.6 Å². The molecule has 0 bridgehead atoms. The number of anilines is 1. The summed E-state index contributed by atoms with van der Waals surface area (Å²) in [4.78, 5) is 6.55. The van der Waals surface area contributed by atoms with Crippen molar-refractivity contribution in [2.24, 2.45) is 10.7 Å². The number of rotatable bonds is 2. The van der Waals surface area contributed by atoms with Crippen molar-refractivity contribution < 1.29 is 0 Å². The summed E-state index contributed by atoms with van der Waals surface area (Å²) in [5.74, 6) is 0.587. The van der Waals surface area contributed by atoms with Crippen molar-refractivity contribution in [2.75, 3.05) is 11.4 Å². The van der Waals surface area contributed by atoms with Crippen LogP contribution in [0.4, 0.5) is 5.69 Å². The van der Waals surface area contributed by atoms with Gasteiger partial charge in [-0.25, -0.2) is 0 Å². The molecule has 2 aromatic carbocycles. The van der Waals surface area contributed by atoms with E-state index in [9.17, 15) is 0 Å². The summed E-state index contributed by atoms with van der Waals surface area (Å²) in [7, 11) is 0. The van der Waals surface area contributed by atoms with E-state index in [4.69, 9.17) is 5.73 Å². The highest BCUT2D eigenvalue weighted by Crippen LogP contribution is 2.32. The Hall–Kier alpha value is -1.81. The third kappa shape index (κ3) is 2.68. The number of hydrogen-bond donors (Lipinski definition) is 1. The molecular formula is C17H18BrN3. The van der Waals surface area contributed by atoms with Crippen LogP contribution in [-0.2, 0) is 0 Å². The van der Waals surface area contributed by atoms with Crippen LogP contribution in [0.1, 0.15) is 22.7 Å². The van der Waals surface area contributed by atoms with E-state index in [-0.39, 0.29) is 6.04 Å². The molecule has 2 aromatic rings. The Morgan fingerprint density at radius 1 is 1.14 bits per heavy atom. The average Bonchev–Trinajstić information content (AvgIpc) is 2.85. The van der Waals surface area contributed by atoms with Crippen molar-refractivity contribution in [3.8, 4) is 0 Å². The molecule has 108 valence electrons. The first kappa shape index (κ1) is 14.1. The largest absolute Gasteiger partial charge is 0.369 e. The molecular weight excluding hydrogens is 326 g/mol. The molecule has 0 amide bonds. The highest BCUT2D eigenvalue weighted by Gasteiger charge is 2.28. The fourth-order valence-electron chi connectivity index (χ4n) is 2.64.